The van der Waals surface area contributed by atoms with E-state index in [2.05, 4.69) is 0 Å². The molecule has 0 aliphatic heterocycles. The van der Waals surface area contributed by atoms with Gasteiger partial charge in [-0.3, -0.25) is 4.79 Å². The third-order valence-corrected chi connectivity index (χ3v) is 2.50. The highest BCUT2D eigenvalue weighted by Gasteiger charge is 2.29. The number of carbonyl (C=O) groups is 1. The Kier molecular flexibility index (Phi) is 7.66. The smallest absolute Gasteiger partial charge is 0.204 e. The van der Waals surface area contributed by atoms with E-state index in [0.29, 0.717) is 0 Å². The van der Waals surface area contributed by atoms with Crippen molar-refractivity contribution < 1.29 is 27.5 Å². The molecule has 7 heteroatoms. The van der Waals surface area contributed by atoms with Gasteiger partial charge < -0.3 is 5.11 Å². The molecule has 0 spiro atoms. The van der Waals surface area contributed by atoms with Crippen LogP contribution in [0.3, 0.4) is 0 Å². The van der Waals surface area contributed by atoms with Gasteiger partial charge >= 0.3 is 0 Å². The minimum atomic E-state index is -2.00. The average molecular weight is 334 g/mol. The first kappa shape index (κ1) is 20.0. The van der Waals surface area contributed by atoms with Crippen LogP contribution in [0.1, 0.15) is 29.8 Å². The van der Waals surface area contributed by atoms with Crippen LogP contribution in [0, 0.1) is 23.3 Å². The summed E-state index contributed by atoms with van der Waals surface area (Å²) in [5.74, 6) is -10.9. The predicted molar refractivity (Wildman–Crippen MR) is 79.5 cm³/mol. The molecule has 0 amide bonds. The fourth-order valence-electron chi connectivity index (χ4n) is 1.55. The summed E-state index contributed by atoms with van der Waals surface area (Å²) in [6.07, 6.45) is 0. The van der Waals surface area contributed by atoms with E-state index in [0.717, 1.165) is 0 Å². The molecule has 0 saturated carbocycles. The molecule has 1 N–H and O–H groups in total. The van der Waals surface area contributed by atoms with Crippen molar-refractivity contribution in [3.63, 3.8) is 0 Å². The maximum absolute atomic E-state index is 13.5. The minimum absolute atomic E-state index is 0. The van der Waals surface area contributed by atoms with Gasteiger partial charge in [-0.2, -0.15) is 22.3 Å². The van der Waals surface area contributed by atoms with Crippen LogP contribution < -0.4 is 0 Å². The van der Waals surface area contributed by atoms with Gasteiger partial charge in [0.15, 0.2) is 23.2 Å². The van der Waals surface area contributed by atoms with Crippen molar-refractivity contribution in [3.8, 4) is 5.75 Å². The Morgan fingerprint density at radius 3 is 1.68 bits per heavy atom. The summed E-state index contributed by atoms with van der Waals surface area (Å²) in [5.41, 5.74) is -1.51. The van der Waals surface area contributed by atoms with Crippen molar-refractivity contribution >= 4 is 19.3 Å². The lowest BCUT2D eigenvalue weighted by Crippen LogP contribution is -2.11. The molecule has 2 nitrogen and oxygen atoms in total. The van der Waals surface area contributed by atoms with Crippen LogP contribution in [-0.2, 0) is 0 Å². The zero-order chi connectivity index (χ0) is 16.2. The monoisotopic (exact) mass is 334 g/mol. The summed E-state index contributed by atoms with van der Waals surface area (Å²) in [6, 6.07) is 6.89. The molecular formula is C15H14F4O2S. The van der Waals surface area contributed by atoms with E-state index >= 15 is 0 Å². The molecule has 0 aromatic heterocycles. The Labute approximate surface area is 131 Å². The largest absolute Gasteiger partial charge is 0.503 e. The summed E-state index contributed by atoms with van der Waals surface area (Å²) in [5, 5.41) is 8.80. The third-order valence-electron chi connectivity index (χ3n) is 2.50. The Balaban J connectivity index is 0.00000141. The van der Waals surface area contributed by atoms with E-state index in [1.807, 2.05) is 13.8 Å². The highest BCUT2D eigenvalue weighted by atomic mass is 32.1. The molecule has 0 aliphatic rings. The van der Waals surface area contributed by atoms with Crippen LogP contribution >= 0.6 is 13.5 Å². The molecule has 2 rings (SSSR count). The molecule has 0 saturated heterocycles. The molecule has 0 heterocycles. The quantitative estimate of drug-likeness (QED) is 0.504. The Hall–Kier alpha value is -2.02. The van der Waals surface area contributed by atoms with Gasteiger partial charge in [0, 0.05) is 5.56 Å². The Morgan fingerprint density at radius 1 is 0.864 bits per heavy atom. The number of ketones is 1. The van der Waals surface area contributed by atoms with Gasteiger partial charge in [-0.15, -0.1) is 0 Å². The van der Waals surface area contributed by atoms with Crippen molar-refractivity contribution in [2.75, 3.05) is 0 Å². The number of halogens is 4. The highest BCUT2D eigenvalue weighted by molar-refractivity contribution is 7.59. The number of rotatable bonds is 2. The van der Waals surface area contributed by atoms with Gasteiger partial charge in [0.1, 0.15) is 5.56 Å². The maximum Gasteiger partial charge on any atom is 0.204 e. The van der Waals surface area contributed by atoms with E-state index in [9.17, 15) is 22.4 Å². The van der Waals surface area contributed by atoms with Crippen molar-refractivity contribution in [2.45, 2.75) is 13.8 Å². The molecule has 0 radical (unpaired) electrons. The summed E-state index contributed by atoms with van der Waals surface area (Å²) < 4.78 is 53.2. The lowest BCUT2D eigenvalue weighted by atomic mass is 10.0. The summed E-state index contributed by atoms with van der Waals surface area (Å²) >= 11 is 0. The lowest BCUT2D eigenvalue weighted by Gasteiger charge is -2.07. The van der Waals surface area contributed by atoms with Crippen molar-refractivity contribution in [2.24, 2.45) is 0 Å². The van der Waals surface area contributed by atoms with Crippen LogP contribution in [0.2, 0.25) is 0 Å². The first-order chi connectivity index (χ1) is 9.95. The number of benzene rings is 2. The number of aromatic hydroxyl groups is 1. The SMILES string of the molecule is CC.O=C(c1ccccc1)c1c(F)c(F)c(O)c(F)c1F.S. The van der Waals surface area contributed by atoms with Crippen molar-refractivity contribution in [1.29, 1.82) is 0 Å². The van der Waals surface area contributed by atoms with Crippen LogP contribution in [0.5, 0.6) is 5.75 Å². The molecule has 120 valence electrons. The first-order valence-corrected chi connectivity index (χ1v) is 6.09. The predicted octanol–water partition coefficient (Wildman–Crippen LogP) is 4.32. The minimum Gasteiger partial charge on any atom is -0.503 e. The third kappa shape index (κ3) is 3.59. The van der Waals surface area contributed by atoms with E-state index in [4.69, 9.17) is 5.11 Å². The second-order valence-corrected chi connectivity index (χ2v) is 3.67. The molecule has 22 heavy (non-hydrogen) atoms. The second kappa shape index (κ2) is 8.43. The van der Waals surface area contributed by atoms with Gasteiger partial charge in [0.25, 0.3) is 0 Å². The zero-order valence-electron chi connectivity index (χ0n) is 11.8. The lowest BCUT2D eigenvalue weighted by molar-refractivity contribution is 0.102. The van der Waals surface area contributed by atoms with Crippen LogP contribution in [0.25, 0.3) is 0 Å². The Morgan fingerprint density at radius 2 is 1.27 bits per heavy atom. The van der Waals surface area contributed by atoms with E-state index in [1.54, 1.807) is 6.07 Å². The van der Waals surface area contributed by atoms with E-state index < -0.39 is 40.4 Å². The normalized spacial score (nSPS) is 9.36. The molecule has 0 unspecified atom stereocenters. The van der Waals surface area contributed by atoms with Crippen LogP contribution in [0.15, 0.2) is 30.3 Å². The first-order valence-electron chi connectivity index (χ1n) is 6.09. The topological polar surface area (TPSA) is 37.3 Å². The van der Waals surface area contributed by atoms with E-state index in [1.165, 1.54) is 24.3 Å². The number of phenolic OH excluding ortho intramolecular Hbond substituents is 1. The molecule has 0 bridgehead atoms. The zero-order valence-corrected chi connectivity index (χ0v) is 12.8. The second-order valence-electron chi connectivity index (χ2n) is 3.67. The van der Waals surface area contributed by atoms with Crippen LogP contribution in [-0.4, -0.2) is 10.9 Å². The molecule has 0 atom stereocenters. The number of carbonyl (C=O) groups excluding carboxylic acids is 1. The fraction of sp³-hybridized carbons (Fsp3) is 0.133. The van der Waals surface area contributed by atoms with Gasteiger partial charge in [-0.1, -0.05) is 44.2 Å². The average Bonchev–Trinajstić information content (AvgIpc) is 2.54. The van der Waals surface area contributed by atoms with Gasteiger partial charge in [0.2, 0.25) is 11.6 Å². The summed E-state index contributed by atoms with van der Waals surface area (Å²) in [4.78, 5) is 11.8. The molecular weight excluding hydrogens is 320 g/mol. The fourth-order valence-corrected chi connectivity index (χ4v) is 1.55. The number of phenols is 1. The Bertz CT molecular complexity index is 631. The van der Waals surface area contributed by atoms with Gasteiger partial charge in [0.05, 0.1) is 0 Å². The van der Waals surface area contributed by atoms with Gasteiger partial charge in [-0.05, 0) is 0 Å². The molecule has 0 fully saturated rings. The summed E-state index contributed by atoms with van der Waals surface area (Å²) in [6.45, 7) is 4.00. The van der Waals surface area contributed by atoms with Gasteiger partial charge in [-0.25, -0.2) is 8.78 Å². The molecule has 2 aromatic carbocycles. The van der Waals surface area contributed by atoms with Crippen molar-refractivity contribution in [3.05, 3.63) is 64.7 Å². The highest BCUT2D eigenvalue weighted by Crippen LogP contribution is 2.30. The standard InChI is InChI=1S/C13H6F4O2.C2H6.H2S/c14-8-7(9(15)11(17)13(19)10(8)16)12(18)6-4-2-1-3-5-6;1-2;/h1-5,19H;1-2H3;1H2. The number of hydrogen-bond donors (Lipinski definition) is 1. The van der Waals surface area contributed by atoms with Crippen LogP contribution in [0.4, 0.5) is 17.6 Å². The number of hydrogen-bond acceptors (Lipinski definition) is 2. The maximum atomic E-state index is 13.5. The molecule has 2 aromatic rings. The van der Waals surface area contributed by atoms with Crippen molar-refractivity contribution in [1.82, 2.24) is 0 Å². The van der Waals surface area contributed by atoms with E-state index in [-0.39, 0.29) is 19.1 Å². The molecule has 0 aliphatic carbocycles. The summed E-state index contributed by atoms with van der Waals surface area (Å²) in [7, 11) is 0.